The van der Waals surface area contributed by atoms with Gasteiger partial charge in [-0.2, -0.15) is 0 Å². The average Bonchev–Trinajstić information content (AvgIpc) is 2.33. The fourth-order valence-corrected chi connectivity index (χ4v) is 3.03. The van der Waals surface area contributed by atoms with Gasteiger partial charge < -0.3 is 14.4 Å². The fourth-order valence-electron chi connectivity index (χ4n) is 1.76. The second-order valence-electron chi connectivity index (χ2n) is 8.09. The van der Waals surface area contributed by atoms with Gasteiger partial charge >= 0.3 is 0 Å². The van der Waals surface area contributed by atoms with Gasteiger partial charge in [0.15, 0.2) is 6.79 Å². The first-order chi connectivity index (χ1) is 10.1. The summed E-state index contributed by atoms with van der Waals surface area (Å²) in [6.07, 6.45) is 4.11. The summed E-state index contributed by atoms with van der Waals surface area (Å²) in [7, 11) is -0.335. The molecule has 0 unspecified atom stereocenters. The van der Waals surface area contributed by atoms with Gasteiger partial charge in [0.25, 0.3) is 0 Å². The normalized spacial score (nSPS) is 15.7. The zero-order valence-electron chi connectivity index (χ0n) is 15.2. The van der Waals surface area contributed by atoms with Crippen LogP contribution in [0.5, 0.6) is 0 Å². The molecular weight excluding hydrogens is 306 g/mol. The van der Waals surface area contributed by atoms with E-state index in [0.717, 1.165) is 24.5 Å². The van der Waals surface area contributed by atoms with Crippen LogP contribution in [0.2, 0.25) is 45.3 Å². The van der Waals surface area contributed by atoms with Crippen LogP contribution in [0.1, 0.15) is 0 Å². The third kappa shape index (κ3) is 9.13. The minimum atomic E-state index is -1.35. The molecule has 3 nitrogen and oxygen atoms in total. The summed E-state index contributed by atoms with van der Waals surface area (Å²) in [4.78, 5) is 2.10. The lowest BCUT2D eigenvalue weighted by Gasteiger charge is -2.22. The van der Waals surface area contributed by atoms with E-state index in [0.29, 0.717) is 6.79 Å². The Labute approximate surface area is 138 Å². The molecule has 0 N–H and O–H groups in total. The Hall–Kier alpha value is -0.966. The smallest absolute Gasteiger partial charge is 0.188 e. The van der Waals surface area contributed by atoms with Gasteiger partial charge in [0.2, 0.25) is 0 Å². The summed E-state index contributed by atoms with van der Waals surface area (Å²) in [6.45, 7) is 15.7. The Morgan fingerprint density at radius 3 is 2.45 bits per heavy atom. The highest BCUT2D eigenvalue weighted by atomic mass is 28.3. The third-order valence-corrected chi connectivity index (χ3v) is 5.57. The molecule has 0 spiro atoms. The Bertz CT molecular complexity index is 488. The predicted octanol–water partition coefficient (Wildman–Crippen LogP) is 3.91. The highest BCUT2D eigenvalue weighted by Crippen LogP contribution is 2.14. The average molecular weight is 338 g/mol. The van der Waals surface area contributed by atoms with Crippen LogP contribution in [0, 0.1) is 11.5 Å². The molecule has 0 saturated carbocycles. The molecule has 0 aromatic carbocycles. The number of nitrogens with zero attached hydrogens (tertiary/aromatic N) is 1. The van der Waals surface area contributed by atoms with Crippen LogP contribution >= 0.6 is 0 Å². The molecule has 0 radical (unpaired) electrons. The van der Waals surface area contributed by atoms with E-state index >= 15 is 0 Å². The number of hydrogen-bond donors (Lipinski definition) is 0. The van der Waals surface area contributed by atoms with Crippen molar-refractivity contribution in [1.29, 1.82) is 0 Å². The minimum absolute atomic E-state index is 0.332. The van der Waals surface area contributed by atoms with E-state index in [1.165, 1.54) is 6.04 Å². The molecule has 0 bridgehead atoms. The van der Waals surface area contributed by atoms with E-state index in [1.807, 2.05) is 13.1 Å². The SMILES string of the molecule is CN1C=C(C#C[Si](C)(C)C)C=C(OCOCC[Si](C)(C)C)C1. The fraction of sp³-hybridized carbons (Fsp3) is 0.647. The van der Waals surface area contributed by atoms with Crippen molar-refractivity contribution in [3.8, 4) is 11.5 Å². The summed E-state index contributed by atoms with van der Waals surface area (Å²) in [5.74, 6) is 4.21. The number of allylic oxidation sites excluding steroid dienone is 2. The lowest BCUT2D eigenvalue weighted by atomic mass is 10.2. The van der Waals surface area contributed by atoms with Gasteiger partial charge in [-0.15, -0.1) is 5.54 Å². The molecule has 0 aliphatic carbocycles. The highest BCUT2D eigenvalue weighted by molar-refractivity contribution is 6.83. The van der Waals surface area contributed by atoms with Crippen LogP contribution in [0.3, 0.4) is 0 Å². The van der Waals surface area contributed by atoms with Crippen molar-refractivity contribution in [3.05, 3.63) is 23.6 Å². The molecule has 0 aromatic heterocycles. The molecule has 22 heavy (non-hydrogen) atoms. The zero-order valence-corrected chi connectivity index (χ0v) is 17.2. The summed E-state index contributed by atoms with van der Waals surface area (Å²) < 4.78 is 11.3. The Kier molecular flexibility index (Phi) is 6.98. The van der Waals surface area contributed by atoms with Gasteiger partial charge in [0, 0.05) is 33.5 Å². The number of ether oxygens (including phenoxy) is 2. The second-order valence-corrected chi connectivity index (χ2v) is 18.5. The monoisotopic (exact) mass is 337 g/mol. The van der Waals surface area contributed by atoms with Crippen LogP contribution < -0.4 is 0 Å². The van der Waals surface area contributed by atoms with Crippen LogP contribution in [0.4, 0.5) is 0 Å². The van der Waals surface area contributed by atoms with Gasteiger partial charge in [-0.3, -0.25) is 0 Å². The highest BCUT2D eigenvalue weighted by Gasteiger charge is 2.13. The van der Waals surface area contributed by atoms with Crippen LogP contribution in [0.25, 0.3) is 0 Å². The molecule has 1 heterocycles. The van der Waals surface area contributed by atoms with Crippen molar-refractivity contribution in [3.63, 3.8) is 0 Å². The van der Waals surface area contributed by atoms with E-state index < -0.39 is 16.1 Å². The Morgan fingerprint density at radius 1 is 1.18 bits per heavy atom. The van der Waals surface area contributed by atoms with Crippen molar-refractivity contribution in [2.45, 2.75) is 45.3 Å². The molecule has 0 fully saturated rings. The zero-order chi connectivity index (χ0) is 16.8. The van der Waals surface area contributed by atoms with E-state index in [4.69, 9.17) is 9.47 Å². The third-order valence-electron chi connectivity index (χ3n) is 2.99. The van der Waals surface area contributed by atoms with Gasteiger partial charge in [-0.05, 0) is 12.1 Å². The first-order valence-corrected chi connectivity index (χ1v) is 15.1. The second kappa shape index (κ2) is 8.05. The van der Waals surface area contributed by atoms with Crippen molar-refractivity contribution < 1.29 is 9.47 Å². The number of likely N-dealkylation sites (N-methyl/N-ethyl adjacent to an activating group) is 1. The molecule has 0 aromatic rings. The van der Waals surface area contributed by atoms with Crippen molar-refractivity contribution in [2.75, 3.05) is 27.0 Å². The molecule has 5 heteroatoms. The maximum absolute atomic E-state index is 5.75. The quantitative estimate of drug-likeness (QED) is 0.317. The van der Waals surface area contributed by atoms with E-state index in [-0.39, 0.29) is 0 Å². The first-order valence-electron chi connectivity index (χ1n) is 7.91. The Balaban J connectivity index is 2.48. The molecule has 1 aliphatic heterocycles. The number of hydrogen-bond acceptors (Lipinski definition) is 3. The molecule has 0 atom stereocenters. The minimum Gasteiger partial charge on any atom is -0.470 e. The first kappa shape index (κ1) is 19.1. The number of rotatable bonds is 6. The Morgan fingerprint density at radius 2 is 1.86 bits per heavy atom. The standard InChI is InChI=1S/C17H31NO2Si2/c1-18-13-16(8-10-21(2,3)4)12-17(14-18)20-15-19-9-11-22(5,6)7/h12-13H,9,11,14-15H2,1-7H3. The van der Waals surface area contributed by atoms with E-state index in [1.54, 1.807) is 0 Å². The summed E-state index contributed by atoms with van der Waals surface area (Å²) >= 11 is 0. The van der Waals surface area contributed by atoms with Gasteiger partial charge in [-0.25, -0.2) is 0 Å². The molecule has 0 amide bonds. The molecule has 1 aliphatic rings. The van der Waals surface area contributed by atoms with Gasteiger partial charge in [0.05, 0.1) is 6.54 Å². The van der Waals surface area contributed by atoms with E-state index in [2.05, 4.69) is 61.8 Å². The van der Waals surface area contributed by atoms with E-state index in [9.17, 15) is 0 Å². The lowest BCUT2D eigenvalue weighted by Crippen LogP contribution is -2.23. The maximum Gasteiger partial charge on any atom is 0.188 e. The van der Waals surface area contributed by atoms with Crippen LogP contribution in [-0.2, 0) is 9.47 Å². The van der Waals surface area contributed by atoms with Crippen molar-refractivity contribution in [2.24, 2.45) is 0 Å². The van der Waals surface area contributed by atoms with Gasteiger partial charge in [0.1, 0.15) is 13.8 Å². The topological polar surface area (TPSA) is 21.7 Å². The molecule has 124 valence electrons. The molecule has 0 saturated heterocycles. The van der Waals surface area contributed by atoms with Crippen molar-refractivity contribution >= 4 is 16.1 Å². The molecule has 1 rings (SSSR count). The lowest BCUT2D eigenvalue weighted by molar-refractivity contribution is -0.0219. The summed E-state index contributed by atoms with van der Waals surface area (Å²) in [5, 5.41) is 0. The summed E-state index contributed by atoms with van der Waals surface area (Å²) in [6, 6.07) is 1.17. The van der Waals surface area contributed by atoms with Crippen LogP contribution in [-0.4, -0.2) is 48.0 Å². The largest absolute Gasteiger partial charge is 0.470 e. The van der Waals surface area contributed by atoms with Gasteiger partial charge in [-0.1, -0.05) is 45.2 Å². The van der Waals surface area contributed by atoms with Crippen molar-refractivity contribution in [1.82, 2.24) is 4.90 Å². The predicted molar refractivity (Wildman–Crippen MR) is 100.0 cm³/mol. The maximum atomic E-state index is 5.75. The molecular formula is C17H31NO2Si2. The van der Waals surface area contributed by atoms with Crippen LogP contribution in [0.15, 0.2) is 23.6 Å². The summed E-state index contributed by atoms with van der Waals surface area (Å²) in [5.41, 5.74) is 4.41.